The zero-order valence-corrected chi connectivity index (χ0v) is 17.6. The topological polar surface area (TPSA) is 86.6 Å². The van der Waals surface area contributed by atoms with Crippen LogP contribution >= 0.6 is 23.2 Å². The van der Waals surface area contributed by atoms with E-state index in [-0.39, 0.29) is 52.2 Å². The van der Waals surface area contributed by atoms with Crippen LogP contribution in [0.15, 0.2) is 12.2 Å². The van der Waals surface area contributed by atoms with Crippen LogP contribution in [0.1, 0.15) is 46.5 Å². The molecule has 0 radical (unpaired) electrons. The van der Waals surface area contributed by atoms with E-state index in [0.29, 0.717) is 18.4 Å². The van der Waals surface area contributed by atoms with Crippen molar-refractivity contribution in [2.75, 3.05) is 0 Å². The molecule has 3 rings (SSSR count). The van der Waals surface area contributed by atoms with Gasteiger partial charge in [-0.25, -0.2) is 0 Å². The molecule has 7 heteroatoms. The zero-order valence-electron chi connectivity index (χ0n) is 16.0. The molecule has 2 aliphatic carbocycles. The molecule has 1 saturated heterocycles. The largest absolute Gasteiger partial charge is 0.392 e. The molecule has 0 aromatic heterocycles. The van der Waals surface area contributed by atoms with Gasteiger partial charge in [0.05, 0.1) is 28.9 Å². The standard InChI is InChI=1S/C20H29Cl2NO4/c1-9-11(6-14(25)10-5-16(26)23-18(10)27)20(4)8-12(21)17(22)19(2,3)15(20)7-13(9)24/h10-15,17,24-25H,1,5-8H2,2-4H3,(H,23,26,27)/t10-,11-,12+,13+,14-,15-,17-,20+/m0/s1. The monoisotopic (exact) mass is 417 g/mol. The van der Waals surface area contributed by atoms with Crippen molar-refractivity contribution in [3.63, 3.8) is 0 Å². The van der Waals surface area contributed by atoms with Crippen molar-refractivity contribution in [2.24, 2.45) is 28.6 Å². The Morgan fingerprint density at radius 3 is 2.48 bits per heavy atom. The van der Waals surface area contributed by atoms with Gasteiger partial charge in [-0.05, 0) is 47.5 Å². The maximum Gasteiger partial charge on any atom is 0.232 e. The second-order valence-electron chi connectivity index (χ2n) is 9.41. The minimum Gasteiger partial charge on any atom is -0.392 e. The third-order valence-corrected chi connectivity index (χ3v) is 8.84. The molecule has 0 aromatic carbocycles. The Balaban J connectivity index is 1.91. The van der Waals surface area contributed by atoms with E-state index in [2.05, 4.69) is 32.7 Å². The lowest BCUT2D eigenvalue weighted by Gasteiger charge is -2.61. The normalized spacial score (nSPS) is 45.4. The SMILES string of the molecule is C=C1[C@H](O)C[C@H]2C(C)(C)[C@@H](Cl)[C@H](Cl)C[C@]2(C)[C@H]1C[C@H](O)[C@@H]1CC(=O)NC1=O. The van der Waals surface area contributed by atoms with Crippen molar-refractivity contribution < 1.29 is 19.8 Å². The first-order valence-corrected chi connectivity index (χ1v) is 10.4. The predicted octanol–water partition coefficient (Wildman–Crippen LogP) is 2.60. The van der Waals surface area contributed by atoms with E-state index in [1.165, 1.54) is 0 Å². The summed E-state index contributed by atoms with van der Waals surface area (Å²) in [5, 5.41) is 23.2. The van der Waals surface area contributed by atoms with Crippen LogP contribution in [-0.4, -0.2) is 45.0 Å². The summed E-state index contributed by atoms with van der Waals surface area (Å²) in [7, 11) is 0. The number of alkyl halides is 2. The lowest BCUT2D eigenvalue weighted by atomic mass is 9.46. The molecule has 0 unspecified atom stereocenters. The summed E-state index contributed by atoms with van der Waals surface area (Å²) in [6.07, 6.45) is -0.197. The number of hydrogen-bond donors (Lipinski definition) is 3. The minimum absolute atomic E-state index is 0.00469. The van der Waals surface area contributed by atoms with E-state index < -0.39 is 24.0 Å². The van der Waals surface area contributed by atoms with Gasteiger partial charge in [0.2, 0.25) is 11.8 Å². The summed E-state index contributed by atoms with van der Waals surface area (Å²) in [5.41, 5.74) is 0.0646. The van der Waals surface area contributed by atoms with E-state index in [9.17, 15) is 19.8 Å². The number of nitrogens with one attached hydrogen (secondary N) is 1. The van der Waals surface area contributed by atoms with Gasteiger partial charge in [-0.3, -0.25) is 14.9 Å². The Labute approximate surface area is 170 Å². The number of imide groups is 1. The first-order valence-electron chi connectivity index (χ1n) is 9.56. The third-order valence-electron chi connectivity index (χ3n) is 7.43. The molecule has 2 saturated carbocycles. The van der Waals surface area contributed by atoms with Gasteiger partial charge >= 0.3 is 0 Å². The smallest absolute Gasteiger partial charge is 0.232 e. The molecule has 3 fully saturated rings. The van der Waals surface area contributed by atoms with Crippen LogP contribution < -0.4 is 5.32 Å². The molecule has 3 aliphatic rings. The Morgan fingerprint density at radius 1 is 1.30 bits per heavy atom. The second-order valence-corrected chi connectivity index (χ2v) is 10.4. The summed E-state index contributed by atoms with van der Waals surface area (Å²) in [4.78, 5) is 23.5. The highest BCUT2D eigenvalue weighted by atomic mass is 35.5. The van der Waals surface area contributed by atoms with Crippen LogP contribution in [0.2, 0.25) is 0 Å². The molecule has 0 spiro atoms. The summed E-state index contributed by atoms with van der Waals surface area (Å²) in [5.74, 6) is -1.67. The van der Waals surface area contributed by atoms with Gasteiger partial charge in [-0.15, -0.1) is 23.2 Å². The van der Waals surface area contributed by atoms with Crippen molar-refractivity contribution in [1.82, 2.24) is 5.32 Å². The van der Waals surface area contributed by atoms with Gasteiger partial charge in [0.15, 0.2) is 0 Å². The number of aliphatic hydroxyl groups is 2. The Bertz CT molecular complexity index is 666. The molecular weight excluding hydrogens is 389 g/mol. The molecule has 0 aromatic rings. The van der Waals surface area contributed by atoms with Gasteiger partial charge in [-0.2, -0.15) is 0 Å². The van der Waals surface area contributed by atoms with Crippen LogP contribution in [0.25, 0.3) is 0 Å². The van der Waals surface area contributed by atoms with Gasteiger partial charge in [0.25, 0.3) is 0 Å². The zero-order chi connectivity index (χ0) is 20.3. The molecule has 3 N–H and O–H groups in total. The molecule has 8 atom stereocenters. The summed E-state index contributed by atoms with van der Waals surface area (Å²) in [6.45, 7) is 10.4. The number of hydrogen-bond acceptors (Lipinski definition) is 4. The third kappa shape index (κ3) is 3.35. The fraction of sp³-hybridized carbons (Fsp3) is 0.800. The van der Waals surface area contributed by atoms with E-state index >= 15 is 0 Å². The van der Waals surface area contributed by atoms with E-state index in [1.54, 1.807) is 0 Å². The second kappa shape index (κ2) is 7.01. The predicted molar refractivity (Wildman–Crippen MR) is 104 cm³/mol. The Kier molecular flexibility index (Phi) is 5.48. The van der Waals surface area contributed by atoms with Crippen molar-refractivity contribution >= 4 is 35.0 Å². The minimum atomic E-state index is -0.980. The molecule has 5 nitrogen and oxygen atoms in total. The van der Waals surface area contributed by atoms with Crippen LogP contribution in [-0.2, 0) is 9.59 Å². The molecule has 0 bridgehead atoms. The van der Waals surface area contributed by atoms with Gasteiger partial charge < -0.3 is 10.2 Å². The quantitative estimate of drug-likeness (QED) is 0.374. The van der Waals surface area contributed by atoms with E-state index in [4.69, 9.17) is 23.2 Å². The van der Waals surface area contributed by atoms with Gasteiger partial charge in [0, 0.05) is 6.42 Å². The van der Waals surface area contributed by atoms with Crippen molar-refractivity contribution in [1.29, 1.82) is 0 Å². The average Bonchev–Trinajstić information content (AvgIpc) is 2.91. The number of carbonyl (C=O) groups excluding carboxylic acids is 2. The van der Waals surface area contributed by atoms with Crippen LogP contribution in [0.4, 0.5) is 0 Å². The molecule has 2 amide bonds. The number of aliphatic hydroxyl groups excluding tert-OH is 2. The molecule has 152 valence electrons. The average molecular weight is 418 g/mol. The molecule has 1 heterocycles. The fourth-order valence-corrected chi connectivity index (χ4v) is 6.77. The molecule has 1 aliphatic heterocycles. The fourth-order valence-electron chi connectivity index (χ4n) is 5.87. The number of rotatable bonds is 3. The van der Waals surface area contributed by atoms with Crippen LogP contribution in [0, 0.1) is 28.6 Å². The summed E-state index contributed by atoms with van der Waals surface area (Å²) in [6, 6.07) is 0. The highest BCUT2D eigenvalue weighted by molar-refractivity contribution is 6.30. The lowest BCUT2D eigenvalue weighted by molar-refractivity contribution is -0.128. The number of fused-ring (bicyclic) bond motifs is 1. The summed E-state index contributed by atoms with van der Waals surface area (Å²) < 4.78 is 0. The lowest BCUT2D eigenvalue weighted by Crippen LogP contribution is -2.59. The van der Waals surface area contributed by atoms with Crippen molar-refractivity contribution in [2.45, 2.75) is 69.4 Å². The van der Waals surface area contributed by atoms with Crippen molar-refractivity contribution in [3.8, 4) is 0 Å². The van der Waals surface area contributed by atoms with E-state index in [1.807, 2.05) is 0 Å². The van der Waals surface area contributed by atoms with Crippen LogP contribution in [0.5, 0.6) is 0 Å². The Hall–Kier alpha value is -0.620. The van der Waals surface area contributed by atoms with Gasteiger partial charge in [0.1, 0.15) is 0 Å². The first kappa shape index (κ1) is 21.1. The Morgan fingerprint density at radius 2 is 1.93 bits per heavy atom. The number of carbonyl (C=O) groups is 2. The van der Waals surface area contributed by atoms with Crippen molar-refractivity contribution in [3.05, 3.63) is 12.2 Å². The maximum atomic E-state index is 12.0. The maximum absolute atomic E-state index is 12.0. The molecule has 27 heavy (non-hydrogen) atoms. The van der Waals surface area contributed by atoms with Crippen LogP contribution in [0.3, 0.4) is 0 Å². The number of amides is 2. The molecular formula is C20H29Cl2NO4. The van der Waals surface area contributed by atoms with E-state index in [0.717, 1.165) is 0 Å². The highest BCUT2D eigenvalue weighted by Gasteiger charge is 2.60. The first-order chi connectivity index (χ1) is 12.4. The highest BCUT2D eigenvalue weighted by Crippen LogP contribution is 2.63. The number of halogens is 2. The van der Waals surface area contributed by atoms with Gasteiger partial charge in [-0.1, -0.05) is 27.4 Å². The summed E-state index contributed by atoms with van der Waals surface area (Å²) >= 11 is 13.3.